The van der Waals surface area contributed by atoms with Gasteiger partial charge in [0.2, 0.25) is 0 Å². The van der Waals surface area contributed by atoms with Crippen LogP contribution in [0, 0.1) is 0 Å². The maximum absolute atomic E-state index is 12.6. The third-order valence-corrected chi connectivity index (χ3v) is 4.26. The van der Waals surface area contributed by atoms with Gasteiger partial charge in [0, 0.05) is 22.7 Å². The number of hydrogen-bond donors (Lipinski definition) is 0. The summed E-state index contributed by atoms with van der Waals surface area (Å²) in [4.78, 5) is 4.22. The summed E-state index contributed by atoms with van der Waals surface area (Å²) in [6.07, 6.45) is 1.54. The van der Waals surface area contributed by atoms with Crippen LogP contribution in [0.2, 0.25) is 0 Å². The molecule has 24 heavy (non-hydrogen) atoms. The molecule has 2 aromatic carbocycles. The smallest absolute Gasteiger partial charge is 0.375 e. The number of alkyl halides is 3. The molecule has 1 heterocycles. The van der Waals surface area contributed by atoms with Crippen LogP contribution in [0.25, 0.3) is 22.0 Å². The van der Waals surface area contributed by atoms with Crippen LogP contribution >= 0.6 is 0 Å². The van der Waals surface area contributed by atoms with E-state index in [0.717, 1.165) is 5.39 Å². The van der Waals surface area contributed by atoms with Crippen LogP contribution < -0.4 is 4.18 Å². The third kappa shape index (κ3) is 2.92. The largest absolute Gasteiger partial charge is 0.534 e. The van der Waals surface area contributed by atoms with E-state index >= 15 is 0 Å². The lowest BCUT2D eigenvalue weighted by Crippen LogP contribution is -2.28. The highest BCUT2D eigenvalue weighted by atomic mass is 32.2. The van der Waals surface area contributed by atoms with Crippen LogP contribution in [-0.2, 0) is 10.1 Å². The van der Waals surface area contributed by atoms with Gasteiger partial charge in [0.1, 0.15) is 0 Å². The average Bonchev–Trinajstić information content (AvgIpc) is 2.53. The summed E-state index contributed by atoms with van der Waals surface area (Å²) in [6.45, 7) is 0. The molecule has 0 spiro atoms. The van der Waals surface area contributed by atoms with Crippen molar-refractivity contribution >= 4 is 21.0 Å². The van der Waals surface area contributed by atoms with Gasteiger partial charge >= 0.3 is 15.6 Å². The van der Waals surface area contributed by atoms with E-state index in [9.17, 15) is 21.6 Å². The van der Waals surface area contributed by atoms with Gasteiger partial charge in [-0.1, -0.05) is 42.5 Å². The monoisotopic (exact) mass is 353 g/mol. The van der Waals surface area contributed by atoms with Gasteiger partial charge in [-0.15, -0.1) is 0 Å². The minimum Gasteiger partial charge on any atom is -0.375 e. The molecule has 1 aromatic heterocycles. The number of fused-ring (bicyclic) bond motifs is 1. The predicted octanol–water partition coefficient (Wildman–Crippen LogP) is 4.13. The summed E-state index contributed by atoms with van der Waals surface area (Å²) >= 11 is 0. The number of aromatic nitrogens is 1. The number of para-hydroxylation sites is 2. The summed E-state index contributed by atoms with van der Waals surface area (Å²) in [7, 11) is -5.75. The Bertz CT molecular complexity index is 995. The fraction of sp³-hybridized carbons (Fsp3) is 0.0625. The normalized spacial score (nSPS) is 12.3. The molecule has 0 aliphatic heterocycles. The minimum absolute atomic E-state index is 0.203. The second-order valence-corrected chi connectivity index (χ2v) is 6.40. The van der Waals surface area contributed by atoms with Gasteiger partial charge in [0.25, 0.3) is 0 Å². The molecule has 0 aliphatic rings. The molecule has 0 bridgehead atoms. The minimum atomic E-state index is -5.75. The Kier molecular flexibility index (Phi) is 3.92. The molecule has 8 heteroatoms. The van der Waals surface area contributed by atoms with Gasteiger partial charge in [0.05, 0.1) is 5.52 Å². The zero-order valence-corrected chi connectivity index (χ0v) is 12.8. The highest BCUT2D eigenvalue weighted by molar-refractivity contribution is 7.88. The van der Waals surface area contributed by atoms with Crippen LogP contribution in [-0.4, -0.2) is 18.9 Å². The van der Waals surface area contributed by atoms with Crippen molar-refractivity contribution in [1.29, 1.82) is 0 Å². The second kappa shape index (κ2) is 5.79. The first-order valence-electron chi connectivity index (χ1n) is 6.73. The Hall–Kier alpha value is -2.61. The van der Waals surface area contributed by atoms with Crippen molar-refractivity contribution in [2.75, 3.05) is 0 Å². The molecule has 0 unspecified atom stereocenters. The van der Waals surface area contributed by atoms with Crippen LogP contribution in [0.4, 0.5) is 13.2 Å². The van der Waals surface area contributed by atoms with Gasteiger partial charge in [0.15, 0.2) is 5.75 Å². The summed E-state index contributed by atoms with van der Waals surface area (Å²) in [5, 5.41) is 0.767. The first kappa shape index (κ1) is 16.3. The van der Waals surface area contributed by atoms with Gasteiger partial charge in [-0.05, 0) is 12.1 Å². The summed E-state index contributed by atoms with van der Waals surface area (Å²) < 4.78 is 64.7. The summed E-state index contributed by atoms with van der Waals surface area (Å²) in [5.41, 5.74) is -4.30. The number of benzene rings is 2. The average molecular weight is 353 g/mol. The van der Waals surface area contributed by atoms with Crippen molar-refractivity contribution in [1.82, 2.24) is 4.98 Å². The Morgan fingerprint density at radius 2 is 1.54 bits per heavy atom. The van der Waals surface area contributed by atoms with Crippen LogP contribution in [0.15, 0.2) is 60.8 Å². The molecular formula is C16H10F3NO3S. The van der Waals surface area contributed by atoms with Crippen molar-refractivity contribution in [2.24, 2.45) is 0 Å². The van der Waals surface area contributed by atoms with Crippen molar-refractivity contribution in [3.05, 3.63) is 60.8 Å². The number of hydrogen-bond acceptors (Lipinski definition) is 4. The second-order valence-electron chi connectivity index (χ2n) is 4.86. The third-order valence-electron chi connectivity index (χ3n) is 3.29. The van der Waals surface area contributed by atoms with Crippen molar-refractivity contribution in [2.45, 2.75) is 5.51 Å². The van der Waals surface area contributed by atoms with E-state index in [-0.39, 0.29) is 5.56 Å². The van der Waals surface area contributed by atoms with E-state index in [2.05, 4.69) is 9.17 Å². The van der Waals surface area contributed by atoms with Gasteiger partial charge in [-0.3, -0.25) is 4.98 Å². The molecule has 3 rings (SSSR count). The van der Waals surface area contributed by atoms with Crippen LogP contribution in [0.1, 0.15) is 0 Å². The number of rotatable bonds is 3. The van der Waals surface area contributed by atoms with E-state index in [0.29, 0.717) is 11.1 Å². The fourth-order valence-electron chi connectivity index (χ4n) is 2.25. The number of halogens is 3. The highest BCUT2D eigenvalue weighted by Crippen LogP contribution is 2.36. The molecule has 0 radical (unpaired) electrons. The van der Waals surface area contributed by atoms with Gasteiger partial charge < -0.3 is 4.18 Å². The Balaban J connectivity index is 2.17. The lowest BCUT2D eigenvalue weighted by Gasteiger charge is -2.14. The molecule has 0 aliphatic carbocycles. The van der Waals surface area contributed by atoms with Crippen LogP contribution in [0.5, 0.6) is 5.75 Å². The molecular weight excluding hydrogens is 343 g/mol. The maximum atomic E-state index is 12.6. The Labute approximate surface area is 135 Å². The molecule has 0 N–H and O–H groups in total. The zero-order chi connectivity index (χ0) is 17.4. The Morgan fingerprint density at radius 1 is 0.875 bits per heavy atom. The van der Waals surface area contributed by atoms with E-state index in [1.54, 1.807) is 42.6 Å². The Morgan fingerprint density at radius 3 is 2.29 bits per heavy atom. The molecule has 3 aromatic rings. The first-order valence-corrected chi connectivity index (χ1v) is 8.14. The highest BCUT2D eigenvalue weighted by Gasteiger charge is 2.48. The van der Waals surface area contributed by atoms with Gasteiger partial charge in [-0.25, -0.2) is 0 Å². The van der Waals surface area contributed by atoms with Crippen molar-refractivity contribution in [3.8, 4) is 16.9 Å². The SMILES string of the molecule is O=S(=O)(Oc1ccccc1-c1cccc2cccnc12)C(F)(F)F. The van der Waals surface area contributed by atoms with E-state index < -0.39 is 21.4 Å². The maximum Gasteiger partial charge on any atom is 0.534 e. The van der Waals surface area contributed by atoms with Crippen LogP contribution in [0.3, 0.4) is 0 Å². The number of pyridine rings is 1. The standard InChI is InChI=1S/C16H10F3NO3S/c17-16(18,19)24(21,22)23-14-9-2-1-7-12(14)13-8-3-5-11-6-4-10-20-15(11)13/h1-10H. The molecule has 4 nitrogen and oxygen atoms in total. The quantitative estimate of drug-likeness (QED) is 0.525. The lowest BCUT2D eigenvalue weighted by atomic mass is 10.0. The summed E-state index contributed by atoms with van der Waals surface area (Å²) in [5.74, 6) is -0.409. The van der Waals surface area contributed by atoms with Gasteiger partial charge in [-0.2, -0.15) is 21.6 Å². The summed E-state index contributed by atoms with van der Waals surface area (Å²) in [6, 6.07) is 14.3. The molecule has 0 fully saturated rings. The van der Waals surface area contributed by atoms with E-state index in [1.807, 2.05) is 0 Å². The van der Waals surface area contributed by atoms with E-state index in [4.69, 9.17) is 0 Å². The van der Waals surface area contributed by atoms with Crippen molar-refractivity contribution in [3.63, 3.8) is 0 Å². The van der Waals surface area contributed by atoms with Crippen molar-refractivity contribution < 1.29 is 25.8 Å². The van der Waals surface area contributed by atoms with E-state index in [1.165, 1.54) is 18.2 Å². The molecule has 0 saturated carbocycles. The fourth-order valence-corrected chi connectivity index (χ4v) is 2.73. The molecule has 124 valence electrons. The first-order chi connectivity index (χ1) is 11.3. The molecule has 0 amide bonds. The predicted molar refractivity (Wildman–Crippen MR) is 82.8 cm³/mol. The number of nitrogens with zero attached hydrogens (tertiary/aromatic N) is 1. The molecule has 0 saturated heterocycles. The molecule has 0 atom stereocenters. The zero-order valence-electron chi connectivity index (χ0n) is 12.0. The lowest BCUT2D eigenvalue weighted by molar-refractivity contribution is -0.0499. The topological polar surface area (TPSA) is 56.3 Å².